The van der Waals surface area contributed by atoms with Crippen LogP contribution in [0.3, 0.4) is 0 Å². The minimum Gasteiger partial charge on any atom is -0.338 e. The van der Waals surface area contributed by atoms with Crippen molar-refractivity contribution in [3.63, 3.8) is 0 Å². The van der Waals surface area contributed by atoms with Crippen molar-refractivity contribution in [2.75, 3.05) is 39.3 Å². The number of rotatable bonds is 8. The first-order chi connectivity index (χ1) is 13.7. The summed E-state index contributed by atoms with van der Waals surface area (Å²) < 4.78 is 27.2. The quantitative estimate of drug-likeness (QED) is 0.523. The SMILES string of the molecule is CCCCNC(=O)NC(=O)C[NH+]1CCN(S(=O)(=O)c2ccc(C(C)C)cc2)CC1. The number of quaternary nitrogens is 1. The summed E-state index contributed by atoms with van der Waals surface area (Å²) in [6.07, 6.45) is 1.83. The highest BCUT2D eigenvalue weighted by Crippen LogP contribution is 2.20. The second kappa shape index (κ2) is 10.7. The monoisotopic (exact) mass is 425 g/mol. The third kappa shape index (κ3) is 6.80. The average molecular weight is 426 g/mol. The summed E-state index contributed by atoms with van der Waals surface area (Å²) in [6, 6.07) is 6.56. The first-order valence-corrected chi connectivity index (χ1v) is 11.7. The van der Waals surface area contributed by atoms with Crippen molar-refractivity contribution in [3.05, 3.63) is 29.8 Å². The van der Waals surface area contributed by atoms with E-state index in [4.69, 9.17) is 0 Å². The topological polar surface area (TPSA) is 100 Å². The zero-order chi connectivity index (χ0) is 21.4. The molecule has 1 heterocycles. The van der Waals surface area contributed by atoms with Gasteiger partial charge in [-0.05, 0) is 30.0 Å². The van der Waals surface area contributed by atoms with Crippen LogP contribution in [0.4, 0.5) is 4.79 Å². The molecule has 3 N–H and O–H groups in total. The number of urea groups is 1. The van der Waals surface area contributed by atoms with E-state index in [-0.39, 0.29) is 12.5 Å². The number of sulfonamides is 1. The molecular formula is C20H33N4O4S+. The van der Waals surface area contributed by atoms with E-state index in [0.29, 0.717) is 43.5 Å². The summed E-state index contributed by atoms with van der Waals surface area (Å²) in [5, 5.41) is 4.97. The highest BCUT2D eigenvalue weighted by atomic mass is 32.2. The molecule has 3 amide bonds. The third-order valence-corrected chi connectivity index (χ3v) is 7.01. The molecule has 0 aliphatic carbocycles. The fourth-order valence-corrected chi connectivity index (χ4v) is 4.66. The molecule has 0 unspecified atom stereocenters. The van der Waals surface area contributed by atoms with Crippen molar-refractivity contribution < 1.29 is 22.9 Å². The van der Waals surface area contributed by atoms with E-state index in [1.54, 1.807) is 12.1 Å². The fraction of sp³-hybridized carbons (Fsp3) is 0.600. The number of hydrogen-bond donors (Lipinski definition) is 3. The number of nitrogens with zero attached hydrogens (tertiary/aromatic N) is 1. The van der Waals surface area contributed by atoms with Crippen molar-refractivity contribution in [1.82, 2.24) is 14.9 Å². The van der Waals surface area contributed by atoms with Gasteiger partial charge in [-0.2, -0.15) is 4.31 Å². The van der Waals surface area contributed by atoms with Gasteiger partial charge in [0.15, 0.2) is 6.54 Å². The van der Waals surface area contributed by atoms with Gasteiger partial charge in [0, 0.05) is 6.54 Å². The Bertz CT molecular complexity index is 785. The summed E-state index contributed by atoms with van der Waals surface area (Å²) in [5.41, 5.74) is 1.10. The van der Waals surface area contributed by atoms with E-state index >= 15 is 0 Å². The maximum Gasteiger partial charge on any atom is 0.321 e. The average Bonchev–Trinajstić information content (AvgIpc) is 2.68. The lowest BCUT2D eigenvalue weighted by atomic mass is 10.0. The molecule has 1 aliphatic rings. The van der Waals surface area contributed by atoms with Gasteiger partial charge in [0.25, 0.3) is 5.91 Å². The van der Waals surface area contributed by atoms with E-state index in [9.17, 15) is 18.0 Å². The predicted octanol–water partition coefficient (Wildman–Crippen LogP) is 0.325. The predicted molar refractivity (Wildman–Crippen MR) is 111 cm³/mol. The number of carbonyl (C=O) groups is 2. The Labute approximate surface area is 173 Å². The van der Waals surface area contributed by atoms with Crippen LogP contribution in [0.1, 0.15) is 45.1 Å². The number of unbranched alkanes of at least 4 members (excludes halogenated alkanes) is 1. The van der Waals surface area contributed by atoms with E-state index < -0.39 is 16.1 Å². The molecule has 0 atom stereocenters. The number of hydrogen-bond acceptors (Lipinski definition) is 4. The normalized spacial score (nSPS) is 16.0. The van der Waals surface area contributed by atoms with Gasteiger partial charge in [0.1, 0.15) is 0 Å². The standard InChI is InChI=1S/C20H32N4O4S/c1-4-5-10-21-20(26)22-19(25)15-23-11-13-24(14-12-23)29(27,28)18-8-6-17(7-9-18)16(2)3/h6-9,16H,4-5,10-15H2,1-3H3,(H2,21,22,25,26)/p+1. The molecule has 0 bridgehead atoms. The molecule has 0 aromatic heterocycles. The molecule has 0 spiro atoms. The molecular weight excluding hydrogens is 392 g/mol. The maximum absolute atomic E-state index is 12.9. The molecule has 1 aromatic rings. The summed E-state index contributed by atoms with van der Waals surface area (Å²) in [4.78, 5) is 24.9. The van der Waals surface area contributed by atoms with E-state index in [2.05, 4.69) is 24.5 Å². The van der Waals surface area contributed by atoms with Gasteiger partial charge in [-0.3, -0.25) is 10.1 Å². The molecule has 0 saturated carbocycles. The molecule has 162 valence electrons. The van der Waals surface area contributed by atoms with Crippen LogP contribution in [0, 0.1) is 0 Å². The smallest absolute Gasteiger partial charge is 0.321 e. The van der Waals surface area contributed by atoms with Crippen LogP contribution in [0.2, 0.25) is 0 Å². The number of benzene rings is 1. The maximum atomic E-state index is 12.9. The van der Waals surface area contributed by atoms with Crippen LogP contribution in [-0.4, -0.2) is 63.9 Å². The second-order valence-electron chi connectivity index (χ2n) is 7.71. The van der Waals surface area contributed by atoms with Gasteiger partial charge in [0.2, 0.25) is 10.0 Å². The highest BCUT2D eigenvalue weighted by molar-refractivity contribution is 7.89. The molecule has 1 fully saturated rings. The summed E-state index contributed by atoms with van der Waals surface area (Å²) in [7, 11) is -3.53. The van der Waals surface area contributed by atoms with Crippen LogP contribution in [-0.2, 0) is 14.8 Å². The van der Waals surface area contributed by atoms with E-state index in [0.717, 1.165) is 23.3 Å². The van der Waals surface area contributed by atoms with E-state index in [1.165, 1.54) is 4.31 Å². The lowest BCUT2D eigenvalue weighted by Gasteiger charge is -2.31. The minimum atomic E-state index is -3.53. The molecule has 9 heteroatoms. The van der Waals surface area contributed by atoms with Gasteiger partial charge >= 0.3 is 6.03 Å². The van der Waals surface area contributed by atoms with Crippen LogP contribution >= 0.6 is 0 Å². The molecule has 1 aromatic carbocycles. The number of piperazine rings is 1. The van der Waals surface area contributed by atoms with Gasteiger partial charge in [0.05, 0.1) is 31.1 Å². The Hall–Kier alpha value is -1.97. The molecule has 8 nitrogen and oxygen atoms in total. The summed E-state index contributed by atoms with van der Waals surface area (Å²) >= 11 is 0. The van der Waals surface area contributed by atoms with Gasteiger partial charge < -0.3 is 10.2 Å². The Kier molecular flexibility index (Phi) is 8.60. The summed E-state index contributed by atoms with van der Waals surface area (Å²) in [6.45, 7) is 8.58. The van der Waals surface area contributed by atoms with Crippen molar-refractivity contribution in [2.45, 2.75) is 44.4 Å². The molecule has 2 rings (SSSR count). The number of nitrogens with one attached hydrogen (secondary N) is 3. The molecule has 0 radical (unpaired) electrons. The first kappa shape index (κ1) is 23.3. The highest BCUT2D eigenvalue weighted by Gasteiger charge is 2.31. The Morgan fingerprint density at radius 1 is 1.14 bits per heavy atom. The third-order valence-electron chi connectivity index (χ3n) is 5.09. The lowest BCUT2D eigenvalue weighted by Crippen LogP contribution is -3.15. The van der Waals surface area contributed by atoms with Gasteiger partial charge in [-0.25, -0.2) is 13.2 Å². The molecule has 29 heavy (non-hydrogen) atoms. The van der Waals surface area contributed by atoms with Crippen LogP contribution in [0.25, 0.3) is 0 Å². The van der Waals surface area contributed by atoms with Crippen LogP contribution in [0.5, 0.6) is 0 Å². The number of imide groups is 1. The van der Waals surface area contributed by atoms with Crippen molar-refractivity contribution in [1.29, 1.82) is 0 Å². The Morgan fingerprint density at radius 2 is 1.76 bits per heavy atom. The van der Waals surface area contributed by atoms with Crippen molar-refractivity contribution in [2.24, 2.45) is 0 Å². The van der Waals surface area contributed by atoms with Crippen LogP contribution < -0.4 is 15.5 Å². The van der Waals surface area contributed by atoms with Gasteiger partial charge in [-0.1, -0.05) is 39.3 Å². The Balaban J connectivity index is 1.83. The zero-order valence-electron chi connectivity index (χ0n) is 17.5. The van der Waals surface area contributed by atoms with Crippen molar-refractivity contribution in [3.8, 4) is 0 Å². The van der Waals surface area contributed by atoms with E-state index in [1.807, 2.05) is 19.1 Å². The lowest BCUT2D eigenvalue weighted by molar-refractivity contribution is -0.895. The Morgan fingerprint density at radius 3 is 2.31 bits per heavy atom. The van der Waals surface area contributed by atoms with Gasteiger partial charge in [-0.15, -0.1) is 0 Å². The first-order valence-electron chi connectivity index (χ1n) is 10.3. The molecule has 1 aliphatic heterocycles. The number of amides is 3. The summed E-state index contributed by atoms with van der Waals surface area (Å²) in [5.74, 6) is -0.00616. The van der Waals surface area contributed by atoms with Crippen LogP contribution in [0.15, 0.2) is 29.2 Å². The fourth-order valence-electron chi connectivity index (χ4n) is 3.21. The largest absolute Gasteiger partial charge is 0.338 e. The second-order valence-corrected chi connectivity index (χ2v) is 9.65. The zero-order valence-corrected chi connectivity index (χ0v) is 18.3. The van der Waals surface area contributed by atoms with Crippen molar-refractivity contribution >= 4 is 22.0 Å². The molecule has 1 saturated heterocycles. The minimum absolute atomic E-state index is 0.151. The number of carbonyl (C=O) groups excluding carboxylic acids is 2.